The van der Waals surface area contributed by atoms with E-state index in [2.05, 4.69) is 18.8 Å². The van der Waals surface area contributed by atoms with Crippen LogP contribution in [0, 0.1) is 5.92 Å². The second-order valence-electron chi connectivity index (χ2n) is 7.16. The summed E-state index contributed by atoms with van der Waals surface area (Å²) in [4.78, 5) is 19.6. The van der Waals surface area contributed by atoms with Crippen molar-refractivity contribution in [3.8, 4) is 11.5 Å². The fraction of sp³-hybridized carbons (Fsp3) is 0.273. The van der Waals surface area contributed by atoms with Crippen LogP contribution in [0.5, 0.6) is 11.5 Å². The number of amides is 1. The molecular formula is C22H22N2O3. The quantitative estimate of drug-likeness (QED) is 0.680. The van der Waals surface area contributed by atoms with E-state index < -0.39 is 0 Å². The molecule has 0 spiro atoms. The SMILES string of the molecule is CC(C)CN(Cc1ccc2c(c1)OCO2)C(=O)c1ccc2ccccc2n1. The van der Waals surface area contributed by atoms with Crippen molar-refractivity contribution < 1.29 is 14.3 Å². The zero-order chi connectivity index (χ0) is 18.8. The number of rotatable bonds is 5. The smallest absolute Gasteiger partial charge is 0.272 e. The Morgan fingerprint density at radius 2 is 1.89 bits per heavy atom. The summed E-state index contributed by atoms with van der Waals surface area (Å²) in [5.41, 5.74) is 2.31. The summed E-state index contributed by atoms with van der Waals surface area (Å²) in [6.07, 6.45) is 0. The molecule has 0 aliphatic carbocycles. The van der Waals surface area contributed by atoms with Gasteiger partial charge in [-0.3, -0.25) is 4.79 Å². The minimum absolute atomic E-state index is 0.0629. The minimum atomic E-state index is -0.0629. The highest BCUT2D eigenvalue weighted by Crippen LogP contribution is 2.33. The molecule has 1 aliphatic heterocycles. The minimum Gasteiger partial charge on any atom is -0.454 e. The highest BCUT2D eigenvalue weighted by Gasteiger charge is 2.20. The number of benzene rings is 2. The lowest BCUT2D eigenvalue weighted by Gasteiger charge is -2.24. The zero-order valence-corrected chi connectivity index (χ0v) is 15.5. The van der Waals surface area contributed by atoms with Gasteiger partial charge in [-0.05, 0) is 35.7 Å². The van der Waals surface area contributed by atoms with Gasteiger partial charge >= 0.3 is 0 Å². The molecule has 0 saturated heterocycles. The van der Waals surface area contributed by atoms with E-state index in [4.69, 9.17) is 9.47 Å². The van der Waals surface area contributed by atoms with Crippen molar-refractivity contribution in [3.05, 3.63) is 65.9 Å². The summed E-state index contributed by atoms with van der Waals surface area (Å²) in [6, 6.07) is 17.4. The number of ether oxygens (including phenoxy) is 2. The number of nitrogens with zero attached hydrogens (tertiary/aromatic N) is 2. The van der Waals surface area contributed by atoms with Gasteiger partial charge in [0.1, 0.15) is 5.69 Å². The molecule has 138 valence electrons. The maximum absolute atomic E-state index is 13.2. The van der Waals surface area contributed by atoms with Crippen molar-refractivity contribution in [2.45, 2.75) is 20.4 Å². The molecule has 0 fully saturated rings. The second-order valence-corrected chi connectivity index (χ2v) is 7.16. The first kappa shape index (κ1) is 17.3. The predicted molar refractivity (Wildman–Crippen MR) is 104 cm³/mol. The number of hydrogen-bond acceptors (Lipinski definition) is 4. The molecule has 0 saturated carbocycles. The van der Waals surface area contributed by atoms with E-state index in [1.165, 1.54) is 0 Å². The van der Waals surface area contributed by atoms with Gasteiger partial charge in [-0.25, -0.2) is 4.98 Å². The Labute approximate surface area is 158 Å². The van der Waals surface area contributed by atoms with Crippen LogP contribution >= 0.6 is 0 Å². The first-order valence-electron chi connectivity index (χ1n) is 9.14. The molecule has 0 N–H and O–H groups in total. The Hall–Kier alpha value is -3.08. The highest BCUT2D eigenvalue weighted by molar-refractivity contribution is 5.94. The van der Waals surface area contributed by atoms with Crippen LogP contribution in [-0.4, -0.2) is 29.1 Å². The second kappa shape index (κ2) is 7.27. The molecule has 4 rings (SSSR count). The van der Waals surface area contributed by atoms with Gasteiger partial charge in [0.25, 0.3) is 5.91 Å². The number of hydrogen-bond donors (Lipinski definition) is 0. The van der Waals surface area contributed by atoms with Gasteiger partial charge in [0.05, 0.1) is 5.52 Å². The Bertz CT molecular complexity index is 984. The Kier molecular flexibility index (Phi) is 4.67. The van der Waals surface area contributed by atoms with Crippen LogP contribution in [0.4, 0.5) is 0 Å². The van der Waals surface area contributed by atoms with Gasteiger partial charge in [0.2, 0.25) is 6.79 Å². The lowest BCUT2D eigenvalue weighted by molar-refractivity contribution is 0.0717. The molecule has 2 aromatic carbocycles. The van der Waals surface area contributed by atoms with Crippen LogP contribution in [0.15, 0.2) is 54.6 Å². The molecule has 0 atom stereocenters. The summed E-state index contributed by atoms with van der Waals surface area (Å²) < 4.78 is 10.8. The van der Waals surface area contributed by atoms with E-state index in [1.54, 1.807) is 6.07 Å². The van der Waals surface area contributed by atoms with Crippen molar-refractivity contribution >= 4 is 16.8 Å². The third-order valence-corrected chi connectivity index (χ3v) is 4.50. The Morgan fingerprint density at radius 1 is 1.07 bits per heavy atom. The van der Waals surface area contributed by atoms with Gasteiger partial charge < -0.3 is 14.4 Å². The number of fused-ring (bicyclic) bond motifs is 2. The normalized spacial score (nSPS) is 12.6. The summed E-state index contributed by atoms with van der Waals surface area (Å²) >= 11 is 0. The lowest BCUT2D eigenvalue weighted by Crippen LogP contribution is -2.34. The third-order valence-electron chi connectivity index (χ3n) is 4.50. The topological polar surface area (TPSA) is 51.7 Å². The number of para-hydroxylation sites is 1. The maximum Gasteiger partial charge on any atom is 0.272 e. The Morgan fingerprint density at radius 3 is 2.74 bits per heavy atom. The first-order valence-corrected chi connectivity index (χ1v) is 9.14. The molecule has 3 aromatic rings. The van der Waals surface area contributed by atoms with Crippen molar-refractivity contribution in [2.24, 2.45) is 5.92 Å². The maximum atomic E-state index is 13.2. The molecular weight excluding hydrogens is 340 g/mol. The van der Waals surface area contributed by atoms with Crippen LogP contribution in [0.2, 0.25) is 0 Å². The van der Waals surface area contributed by atoms with Crippen molar-refractivity contribution in [2.75, 3.05) is 13.3 Å². The monoisotopic (exact) mass is 362 g/mol. The van der Waals surface area contributed by atoms with Gasteiger partial charge in [0.15, 0.2) is 11.5 Å². The fourth-order valence-electron chi connectivity index (χ4n) is 3.27. The van der Waals surface area contributed by atoms with Gasteiger partial charge in [-0.1, -0.05) is 44.2 Å². The average Bonchev–Trinajstić information content (AvgIpc) is 3.14. The van der Waals surface area contributed by atoms with E-state index >= 15 is 0 Å². The summed E-state index contributed by atoms with van der Waals surface area (Å²) in [5, 5.41) is 1.03. The van der Waals surface area contributed by atoms with Crippen molar-refractivity contribution in [1.82, 2.24) is 9.88 Å². The molecule has 1 aliphatic rings. The van der Waals surface area contributed by atoms with Crippen LogP contribution in [0.25, 0.3) is 10.9 Å². The number of carbonyl (C=O) groups is 1. The summed E-state index contributed by atoms with van der Waals surface area (Å²) in [7, 11) is 0. The van der Waals surface area contributed by atoms with E-state index in [0.717, 1.165) is 28.0 Å². The highest BCUT2D eigenvalue weighted by atomic mass is 16.7. The van der Waals surface area contributed by atoms with Crippen LogP contribution in [0.1, 0.15) is 29.9 Å². The standard InChI is InChI=1S/C22H22N2O3/c1-15(2)12-24(13-16-7-10-20-21(11-16)27-14-26-20)22(25)19-9-8-17-5-3-4-6-18(17)23-19/h3-11,15H,12-14H2,1-2H3. The number of carbonyl (C=O) groups excluding carboxylic acids is 1. The first-order chi connectivity index (χ1) is 13.1. The van der Waals surface area contributed by atoms with E-state index in [1.807, 2.05) is 53.4 Å². The molecule has 27 heavy (non-hydrogen) atoms. The molecule has 0 bridgehead atoms. The molecule has 5 nitrogen and oxygen atoms in total. The molecule has 2 heterocycles. The van der Waals surface area contributed by atoms with E-state index in [9.17, 15) is 4.79 Å². The van der Waals surface area contributed by atoms with E-state index in [0.29, 0.717) is 24.7 Å². The van der Waals surface area contributed by atoms with Crippen LogP contribution < -0.4 is 9.47 Å². The number of pyridine rings is 1. The van der Waals surface area contributed by atoms with Crippen molar-refractivity contribution in [1.29, 1.82) is 0 Å². The van der Waals surface area contributed by atoms with Crippen LogP contribution in [0.3, 0.4) is 0 Å². The molecule has 5 heteroatoms. The largest absolute Gasteiger partial charge is 0.454 e. The number of aromatic nitrogens is 1. The summed E-state index contributed by atoms with van der Waals surface area (Å²) in [5.74, 6) is 1.76. The molecule has 0 unspecified atom stereocenters. The average molecular weight is 362 g/mol. The predicted octanol–water partition coefficient (Wildman–Crippen LogP) is 4.26. The fourth-order valence-corrected chi connectivity index (χ4v) is 3.27. The van der Waals surface area contributed by atoms with Crippen molar-refractivity contribution in [3.63, 3.8) is 0 Å². The zero-order valence-electron chi connectivity index (χ0n) is 15.5. The Balaban J connectivity index is 1.61. The van der Waals surface area contributed by atoms with Gasteiger partial charge in [-0.15, -0.1) is 0 Å². The van der Waals surface area contributed by atoms with E-state index in [-0.39, 0.29) is 12.7 Å². The third kappa shape index (κ3) is 3.72. The van der Waals surface area contributed by atoms with Gasteiger partial charge in [-0.2, -0.15) is 0 Å². The molecule has 1 aromatic heterocycles. The molecule has 0 radical (unpaired) electrons. The van der Waals surface area contributed by atoms with Gasteiger partial charge in [0, 0.05) is 18.5 Å². The summed E-state index contributed by atoms with van der Waals surface area (Å²) in [6.45, 7) is 5.61. The lowest BCUT2D eigenvalue weighted by atomic mass is 10.1. The molecule has 1 amide bonds. The van der Waals surface area contributed by atoms with Crippen LogP contribution in [-0.2, 0) is 6.54 Å².